The molecule has 1 heterocycles. The maximum Gasteiger partial charge on any atom is 0.124 e. The molecule has 1 aromatic carbocycles. The molecule has 0 saturated carbocycles. The van der Waals surface area contributed by atoms with Crippen molar-refractivity contribution in [1.29, 1.82) is 0 Å². The molecule has 96 valence electrons. The summed E-state index contributed by atoms with van der Waals surface area (Å²) in [5.41, 5.74) is 2.36. The van der Waals surface area contributed by atoms with Gasteiger partial charge in [0.2, 0.25) is 0 Å². The number of thiazole rings is 1. The predicted octanol–water partition coefficient (Wildman–Crippen LogP) is 3.36. The van der Waals surface area contributed by atoms with Gasteiger partial charge in [-0.25, -0.2) is 4.98 Å². The SMILES string of the molecule is CNCc1sc(-c2ccc(N(C)C)cc2)nc1Br. The lowest BCUT2D eigenvalue weighted by Crippen LogP contribution is -2.07. The summed E-state index contributed by atoms with van der Waals surface area (Å²) in [5.74, 6) is 0. The normalized spacial score (nSPS) is 10.7. The van der Waals surface area contributed by atoms with Crippen LogP contribution in [0.1, 0.15) is 4.88 Å². The molecule has 2 rings (SSSR count). The van der Waals surface area contributed by atoms with Crippen LogP contribution >= 0.6 is 27.3 Å². The highest BCUT2D eigenvalue weighted by Crippen LogP contribution is 2.31. The minimum Gasteiger partial charge on any atom is -0.378 e. The Morgan fingerprint density at radius 1 is 1.28 bits per heavy atom. The zero-order valence-electron chi connectivity index (χ0n) is 10.7. The van der Waals surface area contributed by atoms with Crippen LogP contribution in [0.5, 0.6) is 0 Å². The van der Waals surface area contributed by atoms with Crippen LogP contribution in [0.3, 0.4) is 0 Å². The number of halogens is 1. The predicted molar refractivity (Wildman–Crippen MR) is 82.3 cm³/mol. The fourth-order valence-electron chi connectivity index (χ4n) is 1.63. The van der Waals surface area contributed by atoms with Crippen molar-refractivity contribution in [2.24, 2.45) is 0 Å². The van der Waals surface area contributed by atoms with Gasteiger partial charge in [0.15, 0.2) is 0 Å². The monoisotopic (exact) mass is 325 g/mol. The topological polar surface area (TPSA) is 28.2 Å². The molecular formula is C13H16BrN3S. The van der Waals surface area contributed by atoms with Crippen LogP contribution in [0.15, 0.2) is 28.9 Å². The van der Waals surface area contributed by atoms with Crippen molar-refractivity contribution in [2.45, 2.75) is 6.54 Å². The van der Waals surface area contributed by atoms with Gasteiger partial charge in [-0.3, -0.25) is 0 Å². The summed E-state index contributed by atoms with van der Waals surface area (Å²) < 4.78 is 0.938. The molecule has 0 spiro atoms. The van der Waals surface area contributed by atoms with Crippen LogP contribution in [0, 0.1) is 0 Å². The van der Waals surface area contributed by atoms with Crippen LogP contribution in [-0.2, 0) is 6.54 Å². The van der Waals surface area contributed by atoms with Crippen LogP contribution in [-0.4, -0.2) is 26.1 Å². The fourth-order valence-corrected chi connectivity index (χ4v) is 3.28. The van der Waals surface area contributed by atoms with Gasteiger partial charge in [-0.05, 0) is 47.2 Å². The van der Waals surface area contributed by atoms with Crippen molar-refractivity contribution in [1.82, 2.24) is 10.3 Å². The number of nitrogens with one attached hydrogen (secondary N) is 1. The van der Waals surface area contributed by atoms with Gasteiger partial charge in [0, 0.05) is 31.9 Å². The first-order valence-corrected chi connectivity index (χ1v) is 7.30. The summed E-state index contributed by atoms with van der Waals surface area (Å²) in [6.45, 7) is 0.841. The third kappa shape index (κ3) is 2.91. The van der Waals surface area contributed by atoms with Gasteiger partial charge in [-0.1, -0.05) is 0 Å². The molecule has 2 aromatic rings. The molecule has 0 aliphatic carbocycles. The number of anilines is 1. The van der Waals surface area contributed by atoms with Crippen LogP contribution in [0.25, 0.3) is 10.6 Å². The average Bonchev–Trinajstić information content (AvgIpc) is 2.72. The maximum atomic E-state index is 4.56. The van der Waals surface area contributed by atoms with Gasteiger partial charge >= 0.3 is 0 Å². The van der Waals surface area contributed by atoms with Crippen LogP contribution < -0.4 is 10.2 Å². The van der Waals surface area contributed by atoms with Gasteiger partial charge in [-0.15, -0.1) is 11.3 Å². The molecule has 1 N–H and O–H groups in total. The van der Waals surface area contributed by atoms with Crippen molar-refractivity contribution >= 4 is 33.0 Å². The molecule has 0 saturated heterocycles. The summed E-state index contributed by atoms with van der Waals surface area (Å²) in [4.78, 5) is 7.87. The Labute approximate surface area is 120 Å². The third-order valence-electron chi connectivity index (χ3n) is 2.62. The molecule has 0 atom stereocenters. The Hall–Kier alpha value is -0.910. The number of rotatable bonds is 4. The van der Waals surface area contributed by atoms with E-state index in [-0.39, 0.29) is 0 Å². The molecule has 18 heavy (non-hydrogen) atoms. The number of benzene rings is 1. The van der Waals surface area contributed by atoms with E-state index in [1.54, 1.807) is 11.3 Å². The first-order chi connectivity index (χ1) is 8.61. The smallest absolute Gasteiger partial charge is 0.124 e. The Kier molecular flexibility index (Phi) is 4.37. The molecule has 3 nitrogen and oxygen atoms in total. The van der Waals surface area contributed by atoms with Crippen LogP contribution in [0.2, 0.25) is 0 Å². The van der Waals surface area contributed by atoms with E-state index in [1.165, 1.54) is 10.6 Å². The highest BCUT2D eigenvalue weighted by molar-refractivity contribution is 9.10. The molecule has 0 radical (unpaired) electrons. The molecule has 0 fully saturated rings. The van der Waals surface area contributed by atoms with Crippen molar-refractivity contribution < 1.29 is 0 Å². The van der Waals surface area contributed by atoms with Gasteiger partial charge in [-0.2, -0.15) is 0 Å². The van der Waals surface area contributed by atoms with E-state index in [0.29, 0.717) is 0 Å². The van der Waals surface area contributed by atoms with E-state index >= 15 is 0 Å². The third-order valence-corrected chi connectivity index (χ3v) is 4.64. The number of nitrogens with zero attached hydrogens (tertiary/aromatic N) is 2. The molecule has 1 aromatic heterocycles. The minimum atomic E-state index is 0.841. The molecule has 5 heteroatoms. The zero-order valence-corrected chi connectivity index (χ0v) is 13.1. The lowest BCUT2D eigenvalue weighted by molar-refractivity contribution is 0.825. The summed E-state index contributed by atoms with van der Waals surface area (Å²) in [6, 6.07) is 8.46. The minimum absolute atomic E-state index is 0.841. The summed E-state index contributed by atoms with van der Waals surface area (Å²) in [5, 5.41) is 4.20. The van der Waals surface area contributed by atoms with Crippen molar-refractivity contribution in [3.63, 3.8) is 0 Å². The Morgan fingerprint density at radius 2 is 1.94 bits per heavy atom. The first-order valence-electron chi connectivity index (χ1n) is 5.69. The second-order valence-electron chi connectivity index (χ2n) is 4.20. The molecule has 0 aliphatic heterocycles. The fraction of sp³-hybridized carbons (Fsp3) is 0.308. The standard InChI is InChI=1S/C13H16BrN3S/c1-15-8-11-12(14)16-13(18-11)9-4-6-10(7-5-9)17(2)3/h4-7,15H,8H2,1-3H3. The summed E-state index contributed by atoms with van der Waals surface area (Å²) >= 11 is 5.22. The second-order valence-corrected chi connectivity index (χ2v) is 6.04. The molecule has 0 aliphatic rings. The lowest BCUT2D eigenvalue weighted by Gasteiger charge is -2.11. The van der Waals surface area contributed by atoms with Gasteiger partial charge in [0.1, 0.15) is 9.61 Å². The molecule has 0 unspecified atom stereocenters. The van der Waals surface area contributed by atoms with Gasteiger partial charge in [0.05, 0.1) is 4.88 Å². The van der Waals surface area contributed by atoms with Crippen LogP contribution in [0.4, 0.5) is 5.69 Å². The van der Waals surface area contributed by atoms with E-state index < -0.39 is 0 Å². The Balaban J connectivity index is 2.28. The second kappa shape index (κ2) is 5.82. The van der Waals surface area contributed by atoms with E-state index in [1.807, 2.05) is 21.1 Å². The molecule has 0 bridgehead atoms. The van der Waals surface area contributed by atoms with Crippen molar-refractivity contribution in [2.75, 3.05) is 26.0 Å². The maximum absolute atomic E-state index is 4.56. The highest BCUT2D eigenvalue weighted by Gasteiger charge is 2.09. The Morgan fingerprint density at radius 3 is 2.50 bits per heavy atom. The molecule has 0 amide bonds. The van der Waals surface area contributed by atoms with E-state index in [9.17, 15) is 0 Å². The van der Waals surface area contributed by atoms with Crippen molar-refractivity contribution in [3.8, 4) is 10.6 Å². The van der Waals surface area contributed by atoms with Gasteiger partial charge in [0.25, 0.3) is 0 Å². The van der Waals surface area contributed by atoms with E-state index in [2.05, 4.69) is 55.4 Å². The van der Waals surface area contributed by atoms with E-state index in [4.69, 9.17) is 0 Å². The largest absolute Gasteiger partial charge is 0.378 e. The van der Waals surface area contributed by atoms with Gasteiger partial charge < -0.3 is 10.2 Å². The molecular weight excluding hydrogens is 310 g/mol. The number of hydrogen-bond acceptors (Lipinski definition) is 4. The quantitative estimate of drug-likeness (QED) is 0.934. The number of aromatic nitrogens is 1. The zero-order chi connectivity index (χ0) is 13.1. The van der Waals surface area contributed by atoms with Crippen molar-refractivity contribution in [3.05, 3.63) is 33.7 Å². The van der Waals surface area contributed by atoms with E-state index in [0.717, 1.165) is 21.7 Å². The lowest BCUT2D eigenvalue weighted by atomic mass is 10.2. The summed E-state index contributed by atoms with van der Waals surface area (Å²) in [7, 11) is 6.03. The average molecular weight is 326 g/mol. The summed E-state index contributed by atoms with van der Waals surface area (Å²) in [6.07, 6.45) is 0. The highest BCUT2D eigenvalue weighted by atomic mass is 79.9. The number of hydrogen-bond donors (Lipinski definition) is 1. The first kappa shape index (κ1) is 13.5. The Bertz CT molecular complexity index is 520.